The molecule has 0 fully saturated rings. The highest BCUT2D eigenvalue weighted by molar-refractivity contribution is 5.58. The molecule has 0 bridgehead atoms. The first kappa shape index (κ1) is 20.3. The third-order valence-electron chi connectivity index (χ3n) is 3.96. The van der Waals surface area contributed by atoms with Crippen molar-refractivity contribution in [1.29, 1.82) is 0 Å². The summed E-state index contributed by atoms with van der Waals surface area (Å²) in [6.45, 7) is 7.47. The molecular weight excluding hydrogens is 268 g/mol. The van der Waals surface area contributed by atoms with Crippen molar-refractivity contribution in [1.82, 2.24) is 0 Å². The van der Waals surface area contributed by atoms with E-state index < -0.39 is 12.2 Å². The Kier molecular flexibility index (Phi) is 8.98. The van der Waals surface area contributed by atoms with Crippen LogP contribution in [0.2, 0.25) is 0 Å². The van der Waals surface area contributed by atoms with Crippen LogP contribution in [0.1, 0.15) is 72.6 Å². The summed E-state index contributed by atoms with van der Waals surface area (Å²) < 4.78 is 0. The third kappa shape index (κ3) is 10.6. The van der Waals surface area contributed by atoms with Gasteiger partial charge in [-0.25, -0.2) is 0 Å². The minimum atomic E-state index is -0.414. The minimum absolute atomic E-state index is 0.374. The SMILES string of the molecule is CC(C)(C=O)CCC(O)CCCC(O)CCC(C)(C)C=O. The van der Waals surface area contributed by atoms with E-state index in [9.17, 15) is 19.8 Å². The molecular formula is C17H32O4. The first-order valence-corrected chi connectivity index (χ1v) is 7.91. The van der Waals surface area contributed by atoms with Crippen molar-refractivity contribution >= 4 is 12.6 Å². The maximum absolute atomic E-state index is 10.8. The Morgan fingerprint density at radius 1 is 0.762 bits per heavy atom. The molecule has 0 spiro atoms. The summed E-state index contributed by atoms with van der Waals surface area (Å²) >= 11 is 0. The molecule has 0 amide bonds. The fourth-order valence-corrected chi connectivity index (χ4v) is 2.07. The van der Waals surface area contributed by atoms with Crippen LogP contribution in [0, 0.1) is 10.8 Å². The molecule has 21 heavy (non-hydrogen) atoms. The summed E-state index contributed by atoms with van der Waals surface area (Å²) in [5.41, 5.74) is -0.748. The zero-order chi connectivity index (χ0) is 16.5. The van der Waals surface area contributed by atoms with Gasteiger partial charge in [-0.1, -0.05) is 27.7 Å². The molecule has 0 aromatic carbocycles. The van der Waals surface area contributed by atoms with Gasteiger partial charge >= 0.3 is 0 Å². The summed E-state index contributed by atoms with van der Waals surface area (Å²) in [6, 6.07) is 0. The van der Waals surface area contributed by atoms with Crippen LogP contribution in [0.25, 0.3) is 0 Å². The average molecular weight is 300 g/mol. The quantitative estimate of drug-likeness (QED) is 0.543. The van der Waals surface area contributed by atoms with Crippen molar-refractivity contribution in [3.8, 4) is 0 Å². The Morgan fingerprint density at radius 2 is 1.10 bits per heavy atom. The van der Waals surface area contributed by atoms with Crippen LogP contribution in [-0.4, -0.2) is 35.0 Å². The Balaban J connectivity index is 3.78. The highest BCUT2D eigenvalue weighted by atomic mass is 16.3. The van der Waals surface area contributed by atoms with Gasteiger partial charge in [0.1, 0.15) is 12.6 Å². The van der Waals surface area contributed by atoms with E-state index in [0.29, 0.717) is 38.5 Å². The number of aliphatic hydroxyl groups excluding tert-OH is 2. The number of carbonyl (C=O) groups is 2. The zero-order valence-electron chi connectivity index (χ0n) is 14.0. The van der Waals surface area contributed by atoms with Crippen LogP contribution in [-0.2, 0) is 9.59 Å². The third-order valence-corrected chi connectivity index (χ3v) is 3.96. The number of hydrogen-bond donors (Lipinski definition) is 2. The molecule has 2 unspecified atom stereocenters. The van der Waals surface area contributed by atoms with E-state index in [4.69, 9.17) is 0 Å². The molecule has 0 rings (SSSR count). The fourth-order valence-electron chi connectivity index (χ4n) is 2.07. The first-order chi connectivity index (χ1) is 9.62. The highest BCUT2D eigenvalue weighted by Gasteiger charge is 2.20. The zero-order valence-corrected chi connectivity index (χ0v) is 14.0. The normalized spacial score (nSPS) is 15.5. The minimum Gasteiger partial charge on any atom is -0.393 e. The van der Waals surface area contributed by atoms with Crippen molar-refractivity contribution in [3.05, 3.63) is 0 Å². The van der Waals surface area contributed by atoms with Gasteiger partial charge in [0.05, 0.1) is 12.2 Å². The molecule has 2 atom stereocenters. The smallest absolute Gasteiger partial charge is 0.125 e. The van der Waals surface area contributed by atoms with E-state index in [1.165, 1.54) is 0 Å². The molecule has 0 radical (unpaired) electrons. The van der Waals surface area contributed by atoms with Crippen LogP contribution in [0.4, 0.5) is 0 Å². The van der Waals surface area contributed by atoms with Crippen LogP contribution in [0.15, 0.2) is 0 Å². The Labute approximate surface area is 128 Å². The molecule has 0 saturated carbocycles. The van der Waals surface area contributed by atoms with Gasteiger partial charge in [0, 0.05) is 10.8 Å². The maximum atomic E-state index is 10.8. The van der Waals surface area contributed by atoms with E-state index in [1.807, 2.05) is 27.7 Å². The molecule has 124 valence electrons. The fraction of sp³-hybridized carbons (Fsp3) is 0.882. The van der Waals surface area contributed by atoms with Crippen LogP contribution in [0.5, 0.6) is 0 Å². The Hall–Kier alpha value is -0.740. The van der Waals surface area contributed by atoms with Crippen molar-refractivity contribution in [3.63, 3.8) is 0 Å². The summed E-state index contributed by atoms with van der Waals surface area (Å²) in [5, 5.41) is 19.7. The standard InChI is InChI=1S/C17H32O4/c1-16(2,12-18)10-8-14(20)6-5-7-15(21)9-11-17(3,4)13-19/h12-15,20-21H,5-11H2,1-4H3. The Bertz CT molecular complexity index is 280. The molecule has 4 heteroatoms. The lowest BCUT2D eigenvalue weighted by Gasteiger charge is -2.20. The van der Waals surface area contributed by atoms with Crippen molar-refractivity contribution in [2.24, 2.45) is 10.8 Å². The van der Waals surface area contributed by atoms with E-state index >= 15 is 0 Å². The predicted octanol–water partition coefficient (Wildman–Crippen LogP) is 2.89. The lowest BCUT2D eigenvalue weighted by molar-refractivity contribution is -0.115. The van der Waals surface area contributed by atoms with Gasteiger partial charge in [0.15, 0.2) is 0 Å². The number of carbonyl (C=O) groups excluding carboxylic acids is 2. The lowest BCUT2D eigenvalue weighted by Crippen LogP contribution is -2.19. The molecule has 0 aliphatic rings. The summed E-state index contributed by atoms with van der Waals surface area (Å²) in [5.74, 6) is 0. The van der Waals surface area contributed by atoms with Crippen molar-refractivity contribution < 1.29 is 19.8 Å². The molecule has 0 saturated heterocycles. The van der Waals surface area contributed by atoms with Crippen molar-refractivity contribution in [2.45, 2.75) is 84.8 Å². The van der Waals surface area contributed by atoms with Gasteiger partial charge in [-0.3, -0.25) is 0 Å². The van der Waals surface area contributed by atoms with E-state index in [1.54, 1.807) is 0 Å². The van der Waals surface area contributed by atoms with Crippen molar-refractivity contribution in [2.75, 3.05) is 0 Å². The molecule has 0 aliphatic carbocycles. The maximum Gasteiger partial charge on any atom is 0.125 e. The molecule has 0 aliphatic heterocycles. The number of aliphatic hydroxyl groups is 2. The van der Waals surface area contributed by atoms with Crippen LogP contribution >= 0.6 is 0 Å². The number of aldehydes is 2. The molecule has 0 heterocycles. The van der Waals surface area contributed by atoms with Gasteiger partial charge in [0.2, 0.25) is 0 Å². The predicted molar refractivity (Wildman–Crippen MR) is 84.0 cm³/mol. The number of rotatable bonds is 12. The second-order valence-electron chi connectivity index (χ2n) is 7.53. The van der Waals surface area contributed by atoms with Gasteiger partial charge in [-0.15, -0.1) is 0 Å². The summed E-state index contributed by atoms with van der Waals surface area (Å²) in [6.07, 6.45) is 5.64. The van der Waals surface area contributed by atoms with Gasteiger partial charge in [-0.2, -0.15) is 0 Å². The van der Waals surface area contributed by atoms with Gasteiger partial charge in [0.25, 0.3) is 0 Å². The van der Waals surface area contributed by atoms with Crippen LogP contribution < -0.4 is 0 Å². The first-order valence-electron chi connectivity index (χ1n) is 7.91. The molecule has 2 N–H and O–H groups in total. The van der Waals surface area contributed by atoms with E-state index in [-0.39, 0.29) is 10.8 Å². The van der Waals surface area contributed by atoms with Gasteiger partial charge < -0.3 is 19.8 Å². The van der Waals surface area contributed by atoms with E-state index in [0.717, 1.165) is 19.0 Å². The summed E-state index contributed by atoms with van der Waals surface area (Å²) in [4.78, 5) is 21.6. The average Bonchev–Trinajstić information content (AvgIpc) is 2.43. The Morgan fingerprint density at radius 3 is 1.38 bits per heavy atom. The topological polar surface area (TPSA) is 74.6 Å². The second kappa shape index (κ2) is 9.31. The second-order valence-corrected chi connectivity index (χ2v) is 7.53. The highest BCUT2D eigenvalue weighted by Crippen LogP contribution is 2.23. The largest absolute Gasteiger partial charge is 0.393 e. The van der Waals surface area contributed by atoms with Gasteiger partial charge in [-0.05, 0) is 44.9 Å². The van der Waals surface area contributed by atoms with Crippen LogP contribution in [0.3, 0.4) is 0 Å². The molecule has 0 aromatic rings. The molecule has 0 aromatic heterocycles. The summed E-state index contributed by atoms with van der Waals surface area (Å²) in [7, 11) is 0. The monoisotopic (exact) mass is 300 g/mol. The lowest BCUT2D eigenvalue weighted by atomic mass is 9.87. The number of hydrogen-bond acceptors (Lipinski definition) is 4. The van der Waals surface area contributed by atoms with E-state index in [2.05, 4.69) is 0 Å². The molecule has 4 nitrogen and oxygen atoms in total.